The van der Waals surface area contributed by atoms with Gasteiger partial charge in [0, 0.05) is 39.3 Å². The molecule has 0 amide bonds. The number of guanidine groups is 1. The van der Waals surface area contributed by atoms with Crippen LogP contribution >= 0.6 is 24.0 Å². The summed E-state index contributed by atoms with van der Waals surface area (Å²) in [5.74, 6) is 0.807. The fourth-order valence-electron chi connectivity index (χ4n) is 2.94. The van der Waals surface area contributed by atoms with Gasteiger partial charge in [-0.25, -0.2) is 0 Å². The minimum atomic E-state index is 0. The molecular weight excluding hydrogens is 383 g/mol. The summed E-state index contributed by atoms with van der Waals surface area (Å²) in [5.41, 5.74) is 0. The number of aliphatic imine (C=N–C) groups is 1. The van der Waals surface area contributed by atoms with E-state index in [9.17, 15) is 0 Å². The van der Waals surface area contributed by atoms with Gasteiger partial charge in [0.2, 0.25) is 0 Å². The van der Waals surface area contributed by atoms with E-state index in [2.05, 4.69) is 27.4 Å². The summed E-state index contributed by atoms with van der Waals surface area (Å²) in [4.78, 5) is 6.79. The third kappa shape index (κ3) is 5.88. The van der Waals surface area contributed by atoms with Crippen LogP contribution in [-0.2, 0) is 9.47 Å². The predicted octanol–water partition coefficient (Wildman–Crippen LogP) is 0.668. The Kier molecular flexibility index (Phi) is 8.84. The summed E-state index contributed by atoms with van der Waals surface area (Å²) in [6, 6.07) is 0.895. The molecule has 2 aliphatic rings. The normalized spacial score (nSPS) is 27.7. The first-order valence-electron chi connectivity index (χ1n) is 7.54. The van der Waals surface area contributed by atoms with Crippen molar-refractivity contribution in [1.29, 1.82) is 0 Å². The van der Waals surface area contributed by atoms with Crippen LogP contribution in [0.2, 0.25) is 0 Å². The number of fused-ring (bicyclic) bond motifs is 1. The number of nitrogens with zero attached hydrogens (tertiary/aromatic N) is 2. The third-order valence-electron chi connectivity index (χ3n) is 3.98. The summed E-state index contributed by atoms with van der Waals surface area (Å²) < 4.78 is 11.0. The van der Waals surface area contributed by atoms with Gasteiger partial charge in [-0.05, 0) is 26.3 Å². The van der Waals surface area contributed by atoms with Crippen molar-refractivity contribution >= 4 is 29.9 Å². The monoisotopic (exact) mass is 412 g/mol. The van der Waals surface area contributed by atoms with Gasteiger partial charge in [-0.1, -0.05) is 0 Å². The van der Waals surface area contributed by atoms with E-state index in [0.29, 0.717) is 12.6 Å². The molecule has 0 radical (unpaired) electrons. The lowest BCUT2D eigenvalue weighted by Gasteiger charge is -2.35. The SMILES string of the molecule is CN=C(NCC1CN2CCCC2CO1)NC(C)COC.I. The maximum Gasteiger partial charge on any atom is 0.191 e. The largest absolute Gasteiger partial charge is 0.383 e. The summed E-state index contributed by atoms with van der Waals surface area (Å²) in [7, 11) is 3.49. The van der Waals surface area contributed by atoms with Gasteiger partial charge in [0.25, 0.3) is 0 Å². The second-order valence-corrected chi connectivity index (χ2v) is 5.70. The van der Waals surface area contributed by atoms with Crippen LogP contribution < -0.4 is 10.6 Å². The molecule has 0 saturated carbocycles. The highest BCUT2D eigenvalue weighted by Gasteiger charge is 2.32. The van der Waals surface area contributed by atoms with Crippen molar-refractivity contribution in [1.82, 2.24) is 15.5 Å². The highest BCUT2D eigenvalue weighted by atomic mass is 127. The zero-order valence-electron chi connectivity index (χ0n) is 13.3. The first-order chi connectivity index (χ1) is 9.72. The molecule has 0 bridgehead atoms. The fraction of sp³-hybridized carbons (Fsp3) is 0.929. The molecule has 124 valence electrons. The molecule has 3 unspecified atom stereocenters. The van der Waals surface area contributed by atoms with E-state index >= 15 is 0 Å². The molecule has 6 nitrogen and oxygen atoms in total. The highest BCUT2D eigenvalue weighted by molar-refractivity contribution is 14.0. The van der Waals surface area contributed by atoms with Crippen LogP contribution in [0.15, 0.2) is 4.99 Å². The van der Waals surface area contributed by atoms with Crippen LogP contribution in [0.4, 0.5) is 0 Å². The van der Waals surface area contributed by atoms with Gasteiger partial charge in [-0.15, -0.1) is 24.0 Å². The molecule has 2 fully saturated rings. The Bertz CT molecular complexity index is 330. The Labute approximate surface area is 145 Å². The second-order valence-electron chi connectivity index (χ2n) is 5.70. The van der Waals surface area contributed by atoms with Crippen LogP contribution in [0.3, 0.4) is 0 Å². The Morgan fingerprint density at radius 1 is 1.52 bits per heavy atom. The Balaban J connectivity index is 0.00000220. The minimum absolute atomic E-state index is 0. The molecule has 2 saturated heterocycles. The van der Waals surface area contributed by atoms with Crippen molar-refractivity contribution in [3.05, 3.63) is 0 Å². The molecule has 2 heterocycles. The standard InChI is InChI=1S/C14H28N4O2.HI/c1-11(9-19-3)17-14(15-2)16-7-13-8-18-6-4-5-12(18)10-20-13;/h11-13H,4-10H2,1-3H3,(H2,15,16,17);1H. The molecule has 3 atom stereocenters. The molecule has 21 heavy (non-hydrogen) atoms. The molecule has 2 N–H and O–H groups in total. The van der Waals surface area contributed by atoms with Crippen molar-refractivity contribution in [3.8, 4) is 0 Å². The Morgan fingerprint density at radius 3 is 3.05 bits per heavy atom. The maximum atomic E-state index is 5.93. The van der Waals surface area contributed by atoms with E-state index in [1.165, 1.54) is 19.4 Å². The van der Waals surface area contributed by atoms with Crippen molar-refractivity contribution in [3.63, 3.8) is 0 Å². The number of halogens is 1. The van der Waals surface area contributed by atoms with Crippen LogP contribution in [-0.4, -0.2) is 76.1 Å². The zero-order valence-corrected chi connectivity index (χ0v) is 15.6. The molecule has 0 aromatic rings. The molecule has 0 aliphatic carbocycles. The molecule has 0 aromatic carbocycles. The number of nitrogens with one attached hydrogen (secondary N) is 2. The van der Waals surface area contributed by atoms with Gasteiger partial charge in [-0.2, -0.15) is 0 Å². The van der Waals surface area contributed by atoms with Gasteiger partial charge in [-0.3, -0.25) is 9.89 Å². The topological polar surface area (TPSA) is 58.1 Å². The van der Waals surface area contributed by atoms with E-state index in [-0.39, 0.29) is 36.1 Å². The molecular formula is C14H29IN4O2. The lowest BCUT2D eigenvalue weighted by atomic mass is 10.2. The molecule has 2 aliphatic heterocycles. The van der Waals surface area contributed by atoms with Gasteiger partial charge in [0.1, 0.15) is 0 Å². The maximum absolute atomic E-state index is 5.93. The smallest absolute Gasteiger partial charge is 0.191 e. The molecule has 0 aromatic heterocycles. The molecule has 0 spiro atoms. The lowest BCUT2D eigenvalue weighted by Crippen LogP contribution is -2.52. The first-order valence-corrected chi connectivity index (χ1v) is 7.54. The second kappa shape index (κ2) is 9.81. The summed E-state index contributed by atoms with van der Waals surface area (Å²) in [5, 5.41) is 6.64. The number of hydrogen-bond acceptors (Lipinski definition) is 4. The Morgan fingerprint density at radius 2 is 2.33 bits per heavy atom. The van der Waals surface area contributed by atoms with Crippen molar-refractivity contribution in [2.45, 2.75) is 38.0 Å². The van der Waals surface area contributed by atoms with Gasteiger partial charge in [0.05, 0.1) is 19.3 Å². The first kappa shape index (κ1) is 18.9. The Hall–Kier alpha value is -0.120. The van der Waals surface area contributed by atoms with E-state index in [0.717, 1.165) is 25.7 Å². The van der Waals surface area contributed by atoms with Crippen molar-refractivity contribution in [2.24, 2.45) is 4.99 Å². The molecule has 7 heteroatoms. The number of ether oxygens (including phenoxy) is 2. The lowest BCUT2D eigenvalue weighted by molar-refractivity contribution is -0.0453. The highest BCUT2D eigenvalue weighted by Crippen LogP contribution is 2.22. The quantitative estimate of drug-likeness (QED) is 0.395. The van der Waals surface area contributed by atoms with Gasteiger partial charge < -0.3 is 20.1 Å². The fourth-order valence-corrected chi connectivity index (χ4v) is 2.94. The van der Waals surface area contributed by atoms with Crippen LogP contribution in [0.25, 0.3) is 0 Å². The average molecular weight is 412 g/mol. The third-order valence-corrected chi connectivity index (χ3v) is 3.98. The van der Waals surface area contributed by atoms with E-state index in [4.69, 9.17) is 9.47 Å². The van der Waals surface area contributed by atoms with E-state index in [1.54, 1.807) is 14.2 Å². The molecule has 2 rings (SSSR count). The number of morpholine rings is 1. The zero-order chi connectivity index (χ0) is 14.4. The summed E-state index contributed by atoms with van der Waals surface area (Å²) in [6.07, 6.45) is 2.85. The van der Waals surface area contributed by atoms with E-state index < -0.39 is 0 Å². The summed E-state index contributed by atoms with van der Waals surface area (Å²) in [6.45, 7) is 6.66. The van der Waals surface area contributed by atoms with Crippen LogP contribution in [0.5, 0.6) is 0 Å². The van der Waals surface area contributed by atoms with Crippen LogP contribution in [0, 0.1) is 0 Å². The number of methoxy groups -OCH3 is 1. The van der Waals surface area contributed by atoms with Crippen molar-refractivity contribution < 1.29 is 9.47 Å². The summed E-state index contributed by atoms with van der Waals surface area (Å²) >= 11 is 0. The minimum Gasteiger partial charge on any atom is -0.383 e. The predicted molar refractivity (Wildman–Crippen MR) is 95.6 cm³/mol. The van der Waals surface area contributed by atoms with Crippen LogP contribution in [0.1, 0.15) is 19.8 Å². The van der Waals surface area contributed by atoms with Crippen molar-refractivity contribution in [2.75, 3.05) is 47.0 Å². The van der Waals surface area contributed by atoms with E-state index in [1.807, 2.05) is 0 Å². The van der Waals surface area contributed by atoms with Gasteiger partial charge in [0.15, 0.2) is 5.96 Å². The number of rotatable bonds is 5. The number of hydrogen-bond donors (Lipinski definition) is 2. The van der Waals surface area contributed by atoms with Gasteiger partial charge >= 0.3 is 0 Å². The average Bonchev–Trinajstić information content (AvgIpc) is 2.91.